The standard InChI is InChI=1S/C30H37ClFN5O5S/c1-5-41-25(38)14-30(36-28(39)42-29(2,3)4)12-20-16-40-17-21(13-30)37(20)15-19-11-24(22-7-6-18(32)10-23(22)31)35-26(34-19)27-33-8-9-43-27/h6-11,20-21,24H,5,12-17H2,1-4H3,(H,34,35)(H,36,39)/t20?,21?,24-,30?/m1/s1. The van der Waals surface area contributed by atoms with Crippen molar-refractivity contribution in [3.8, 4) is 0 Å². The zero-order valence-electron chi connectivity index (χ0n) is 24.7. The van der Waals surface area contributed by atoms with E-state index in [1.54, 1.807) is 40.0 Å². The average Bonchev–Trinajstić information content (AvgIpc) is 3.43. The summed E-state index contributed by atoms with van der Waals surface area (Å²) in [6.07, 6.45) is 4.12. The molecule has 3 atom stereocenters. The Bertz CT molecular complexity index is 1380. The number of carbonyl (C=O) groups is 2. The summed E-state index contributed by atoms with van der Waals surface area (Å²) in [7, 11) is 0. The number of alkyl carbamates (subject to hydrolysis) is 1. The number of piperidine rings is 1. The number of nitrogens with zero attached hydrogens (tertiary/aromatic N) is 3. The van der Waals surface area contributed by atoms with Gasteiger partial charge in [-0.15, -0.1) is 11.3 Å². The van der Waals surface area contributed by atoms with Crippen molar-refractivity contribution >= 4 is 40.8 Å². The van der Waals surface area contributed by atoms with Gasteiger partial charge < -0.3 is 24.8 Å². The number of hydrogen-bond acceptors (Lipinski definition) is 10. The number of thiazole rings is 1. The van der Waals surface area contributed by atoms with Gasteiger partial charge in [0.15, 0.2) is 10.8 Å². The Labute approximate surface area is 259 Å². The maximum Gasteiger partial charge on any atom is 0.408 e. The van der Waals surface area contributed by atoms with Crippen molar-refractivity contribution in [1.82, 2.24) is 20.5 Å². The lowest BCUT2D eigenvalue weighted by atomic mass is 9.76. The number of nitrogens with one attached hydrogen (secondary N) is 2. The molecule has 2 fully saturated rings. The SMILES string of the molecule is CCOC(=O)CC1(NC(=O)OC(C)(C)C)CC2COCC(C1)N2CC1=C[C@H](c2ccc(F)cc2Cl)N=C(c2nccs2)N1. The van der Waals surface area contributed by atoms with E-state index < -0.39 is 29.1 Å². The molecule has 2 bridgehead atoms. The molecule has 2 unspecified atom stereocenters. The van der Waals surface area contributed by atoms with Crippen molar-refractivity contribution in [2.45, 2.75) is 76.2 Å². The second-order valence-electron chi connectivity index (χ2n) is 12.1. The van der Waals surface area contributed by atoms with Crippen LogP contribution >= 0.6 is 22.9 Å². The van der Waals surface area contributed by atoms with E-state index in [-0.39, 0.29) is 31.1 Å². The van der Waals surface area contributed by atoms with Crippen molar-refractivity contribution in [2.24, 2.45) is 4.99 Å². The van der Waals surface area contributed by atoms with E-state index in [9.17, 15) is 14.0 Å². The van der Waals surface area contributed by atoms with Crippen molar-refractivity contribution in [2.75, 3.05) is 26.4 Å². The fourth-order valence-corrected chi connectivity index (χ4v) is 6.82. The first kappa shape index (κ1) is 31.4. The van der Waals surface area contributed by atoms with Crippen LogP contribution in [0.3, 0.4) is 0 Å². The van der Waals surface area contributed by atoms with E-state index in [2.05, 4.69) is 20.5 Å². The van der Waals surface area contributed by atoms with Crippen LogP contribution in [-0.4, -0.2) is 77.4 Å². The largest absolute Gasteiger partial charge is 0.466 e. The van der Waals surface area contributed by atoms with Crippen LogP contribution < -0.4 is 10.6 Å². The first-order valence-electron chi connectivity index (χ1n) is 14.3. The normalized spacial score (nSPS) is 25.7. The van der Waals surface area contributed by atoms with Gasteiger partial charge in [-0.05, 0) is 64.3 Å². The number of carbonyl (C=O) groups excluding carboxylic acids is 2. The summed E-state index contributed by atoms with van der Waals surface area (Å²) < 4.78 is 30.7. The molecule has 43 heavy (non-hydrogen) atoms. The van der Waals surface area contributed by atoms with E-state index in [4.69, 9.17) is 30.8 Å². The summed E-state index contributed by atoms with van der Waals surface area (Å²) in [5, 5.41) is 9.40. The highest BCUT2D eigenvalue weighted by molar-refractivity contribution is 7.11. The molecule has 1 aromatic carbocycles. The molecule has 2 aromatic rings. The predicted molar refractivity (Wildman–Crippen MR) is 162 cm³/mol. The number of amides is 1. The van der Waals surface area contributed by atoms with Crippen molar-refractivity contribution in [3.05, 3.63) is 63.0 Å². The Kier molecular flexibility index (Phi) is 9.40. The Morgan fingerprint density at radius 1 is 1.28 bits per heavy atom. The monoisotopic (exact) mass is 633 g/mol. The Morgan fingerprint density at radius 3 is 2.65 bits per heavy atom. The van der Waals surface area contributed by atoms with E-state index in [1.165, 1.54) is 23.5 Å². The van der Waals surface area contributed by atoms with Crippen LogP contribution in [0.25, 0.3) is 0 Å². The smallest absolute Gasteiger partial charge is 0.408 e. The number of hydrogen-bond donors (Lipinski definition) is 2. The second kappa shape index (κ2) is 12.9. The molecular weight excluding hydrogens is 597 g/mol. The summed E-state index contributed by atoms with van der Waals surface area (Å²) in [4.78, 5) is 37.3. The molecule has 10 nitrogen and oxygen atoms in total. The van der Waals surface area contributed by atoms with Crippen LogP contribution in [0.1, 0.15) is 63.6 Å². The van der Waals surface area contributed by atoms with Crippen LogP contribution in [0, 0.1) is 5.82 Å². The van der Waals surface area contributed by atoms with Crippen LogP contribution in [0.2, 0.25) is 5.02 Å². The van der Waals surface area contributed by atoms with Gasteiger partial charge in [-0.3, -0.25) is 14.7 Å². The molecule has 0 aliphatic carbocycles. The molecule has 3 aliphatic heterocycles. The molecule has 0 radical (unpaired) electrons. The number of morpholine rings is 1. The first-order valence-corrected chi connectivity index (χ1v) is 15.6. The fourth-order valence-electron chi connectivity index (χ4n) is 5.96. The van der Waals surface area contributed by atoms with Crippen LogP contribution in [0.15, 0.2) is 46.5 Å². The highest BCUT2D eigenvalue weighted by Crippen LogP contribution is 2.38. The number of fused-ring (bicyclic) bond motifs is 2. The molecule has 1 aromatic heterocycles. The molecule has 4 heterocycles. The maximum absolute atomic E-state index is 13.8. The van der Waals surface area contributed by atoms with E-state index in [0.29, 0.717) is 49.0 Å². The summed E-state index contributed by atoms with van der Waals surface area (Å²) in [5.74, 6) is -0.172. The Hall–Kier alpha value is -3.06. The number of ether oxygens (including phenoxy) is 3. The Morgan fingerprint density at radius 2 is 2.02 bits per heavy atom. The molecule has 5 rings (SSSR count). The molecule has 13 heteroatoms. The van der Waals surface area contributed by atoms with Gasteiger partial charge in [-0.25, -0.2) is 14.2 Å². The third kappa shape index (κ3) is 7.72. The van der Waals surface area contributed by atoms with Gasteiger partial charge in [0.1, 0.15) is 11.4 Å². The van der Waals surface area contributed by atoms with Gasteiger partial charge >= 0.3 is 12.1 Å². The molecule has 232 valence electrons. The van der Waals surface area contributed by atoms with E-state index >= 15 is 0 Å². The van der Waals surface area contributed by atoms with Crippen LogP contribution in [-0.2, 0) is 19.0 Å². The number of aromatic nitrogens is 1. The lowest BCUT2D eigenvalue weighted by Gasteiger charge is -2.53. The van der Waals surface area contributed by atoms with Gasteiger partial charge in [0, 0.05) is 40.9 Å². The summed E-state index contributed by atoms with van der Waals surface area (Å²) in [6.45, 7) is 8.82. The average molecular weight is 634 g/mol. The molecule has 0 saturated carbocycles. The third-order valence-corrected chi connectivity index (χ3v) is 8.65. The minimum Gasteiger partial charge on any atom is -0.466 e. The van der Waals surface area contributed by atoms with Gasteiger partial charge in [0.05, 0.1) is 37.8 Å². The lowest BCUT2D eigenvalue weighted by molar-refractivity contribution is -0.148. The lowest BCUT2D eigenvalue weighted by Crippen LogP contribution is -2.67. The maximum atomic E-state index is 13.8. The topological polar surface area (TPSA) is 114 Å². The van der Waals surface area contributed by atoms with Crippen LogP contribution in [0.4, 0.5) is 9.18 Å². The van der Waals surface area contributed by atoms with Crippen molar-refractivity contribution in [1.29, 1.82) is 0 Å². The molecular formula is C30H37ClFN5O5S. The molecule has 2 N–H and O–H groups in total. The molecule has 1 amide bonds. The predicted octanol–water partition coefficient (Wildman–Crippen LogP) is 4.99. The number of esters is 1. The number of benzene rings is 1. The number of amidine groups is 1. The summed E-state index contributed by atoms with van der Waals surface area (Å²) in [5.41, 5.74) is 0.0408. The summed E-state index contributed by atoms with van der Waals surface area (Å²) in [6, 6.07) is 3.67. The molecule has 0 spiro atoms. The van der Waals surface area contributed by atoms with Gasteiger partial charge in [0.2, 0.25) is 0 Å². The van der Waals surface area contributed by atoms with Gasteiger partial charge in [-0.2, -0.15) is 0 Å². The highest BCUT2D eigenvalue weighted by atomic mass is 35.5. The van der Waals surface area contributed by atoms with Crippen LogP contribution in [0.5, 0.6) is 0 Å². The molecule has 3 aliphatic rings. The number of aliphatic imine (C=N–C) groups is 1. The van der Waals surface area contributed by atoms with Gasteiger partial charge in [0.25, 0.3) is 0 Å². The second-order valence-corrected chi connectivity index (χ2v) is 13.4. The Balaban J connectivity index is 1.40. The quantitative estimate of drug-likeness (QED) is 0.391. The van der Waals surface area contributed by atoms with E-state index in [0.717, 1.165) is 10.7 Å². The van der Waals surface area contributed by atoms with Crippen molar-refractivity contribution in [3.63, 3.8) is 0 Å². The third-order valence-electron chi connectivity index (χ3n) is 7.54. The minimum atomic E-state index is -0.851. The zero-order chi connectivity index (χ0) is 30.8. The number of rotatable bonds is 8. The zero-order valence-corrected chi connectivity index (χ0v) is 26.3. The van der Waals surface area contributed by atoms with E-state index in [1.807, 2.05) is 11.5 Å². The highest BCUT2D eigenvalue weighted by Gasteiger charge is 2.49. The first-order chi connectivity index (χ1) is 20.4. The summed E-state index contributed by atoms with van der Waals surface area (Å²) >= 11 is 7.91. The minimum absolute atomic E-state index is 0.0356. The van der Waals surface area contributed by atoms with Crippen molar-refractivity contribution < 1.29 is 28.2 Å². The number of halogens is 2. The fraction of sp³-hybridized carbons (Fsp3) is 0.533. The van der Waals surface area contributed by atoms with Gasteiger partial charge in [-0.1, -0.05) is 17.7 Å². The molecule has 2 saturated heterocycles.